The minimum atomic E-state index is 0.201. The molecule has 21 heavy (non-hydrogen) atoms. The molecule has 0 radical (unpaired) electrons. The third-order valence-electron chi connectivity index (χ3n) is 3.65. The van der Waals surface area contributed by atoms with Gasteiger partial charge in [0.1, 0.15) is 22.6 Å². The van der Waals surface area contributed by atoms with Crippen LogP contribution in [0.1, 0.15) is 17.5 Å². The van der Waals surface area contributed by atoms with Crippen LogP contribution in [0, 0.1) is 0 Å². The fraction of sp³-hybridized carbons (Fsp3) is 0.200. The van der Waals surface area contributed by atoms with E-state index in [4.69, 9.17) is 5.10 Å². The highest BCUT2D eigenvalue weighted by Crippen LogP contribution is 2.33. The summed E-state index contributed by atoms with van der Waals surface area (Å²) in [6.45, 7) is 0.922. The molecule has 0 aliphatic carbocycles. The number of hydrogen-bond acceptors (Lipinski definition) is 5. The van der Waals surface area contributed by atoms with Gasteiger partial charge in [0.05, 0.1) is 5.69 Å². The van der Waals surface area contributed by atoms with Crippen LogP contribution in [-0.4, -0.2) is 26.4 Å². The zero-order valence-corrected chi connectivity index (χ0v) is 12.0. The number of rotatable bonds is 2. The smallest absolute Gasteiger partial charge is 0.125 e. The molecule has 3 aromatic rings. The van der Waals surface area contributed by atoms with Crippen molar-refractivity contribution in [1.82, 2.24) is 14.8 Å². The first-order chi connectivity index (χ1) is 10.3. The monoisotopic (exact) mass is 298 g/mol. The first kappa shape index (κ1) is 12.4. The van der Waals surface area contributed by atoms with Crippen LogP contribution in [0.5, 0.6) is 5.75 Å². The molecule has 6 heteroatoms. The molecule has 4 rings (SSSR count). The van der Waals surface area contributed by atoms with Crippen molar-refractivity contribution in [3.05, 3.63) is 46.9 Å². The first-order valence-corrected chi connectivity index (χ1v) is 7.71. The fourth-order valence-electron chi connectivity index (χ4n) is 2.62. The van der Waals surface area contributed by atoms with E-state index >= 15 is 0 Å². The molecule has 0 saturated heterocycles. The molecular weight excluding hydrogens is 284 g/mol. The largest absolute Gasteiger partial charge is 0.508 e. The summed E-state index contributed by atoms with van der Waals surface area (Å²) in [5.74, 6) is 1.28. The number of aromatic hydroxyl groups is 1. The highest BCUT2D eigenvalue weighted by Gasteiger charge is 2.25. The van der Waals surface area contributed by atoms with Crippen LogP contribution < -0.4 is 5.32 Å². The molecule has 1 unspecified atom stereocenters. The van der Waals surface area contributed by atoms with E-state index in [1.54, 1.807) is 23.5 Å². The fourth-order valence-corrected chi connectivity index (χ4v) is 3.38. The molecule has 1 aliphatic heterocycles. The van der Waals surface area contributed by atoms with E-state index in [-0.39, 0.29) is 11.8 Å². The Kier molecular flexibility index (Phi) is 2.89. The van der Waals surface area contributed by atoms with E-state index in [9.17, 15) is 5.11 Å². The first-order valence-electron chi connectivity index (χ1n) is 6.83. The van der Waals surface area contributed by atoms with E-state index in [0.29, 0.717) is 0 Å². The SMILES string of the molecule is Oc1ccc(-c2cc3n(n2)C(c2nccs2)CCN3)cc1. The second-order valence-corrected chi connectivity index (χ2v) is 5.93. The van der Waals surface area contributed by atoms with Crippen LogP contribution in [-0.2, 0) is 0 Å². The average molecular weight is 298 g/mol. The summed E-state index contributed by atoms with van der Waals surface area (Å²) in [6.07, 6.45) is 2.82. The Morgan fingerprint density at radius 3 is 2.90 bits per heavy atom. The number of hydrogen-bond donors (Lipinski definition) is 2. The third kappa shape index (κ3) is 2.17. The third-order valence-corrected chi connectivity index (χ3v) is 4.53. The predicted molar refractivity (Wildman–Crippen MR) is 82.7 cm³/mol. The summed E-state index contributed by atoms with van der Waals surface area (Å²) in [4.78, 5) is 4.43. The molecule has 1 aliphatic rings. The van der Waals surface area contributed by atoms with Gasteiger partial charge in [0.15, 0.2) is 0 Å². The molecule has 2 aromatic heterocycles. The maximum atomic E-state index is 9.39. The molecule has 5 nitrogen and oxygen atoms in total. The molecule has 1 aromatic carbocycles. The van der Waals surface area contributed by atoms with E-state index in [1.165, 1.54) is 0 Å². The highest BCUT2D eigenvalue weighted by atomic mass is 32.1. The van der Waals surface area contributed by atoms with Gasteiger partial charge >= 0.3 is 0 Å². The summed E-state index contributed by atoms with van der Waals surface area (Å²) in [7, 11) is 0. The average Bonchev–Trinajstić information content (AvgIpc) is 3.17. The summed E-state index contributed by atoms with van der Waals surface area (Å²) >= 11 is 1.67. The van der Waals surface area contributed by atoms with Gasteiger partial charge in [-0.25, -0.2) is 9.67 Å². The van der Waals surface area contributed by atoms with Gasteiger partial charge in [-0.3, -0.25) is 0 Å². The van der Waals surface area contributed by atoms with Crippen LogP contribution in [0.15, 0.2) is 41.9 Å². The molecule has 0 amide bonds. The Balaban J connectivity index is 1.75. The Bertz CT molecular complexity index is 749. The lowest BCUT2D eigenvalue weighted by Crippen LogP contribution is -2.24. The van der Waals surface area contributed by atoms with E-state index in [0.717, 1.165) is 35.0 Å². The highest BCUT2D eigenvalue weighted by molar-refractivity contribution is 7.09. The normalized spacial score (nSPS) is 17.2. The zero-order valence-electron chi connectivity index (χ0n) is 11.2. The molecule has 0 saturated carbocycles. The summed E-state index contributed by atoms with van der Waals surface area (Å²) < 4.78 is 2.02. The topological polar surface area (TPSA) is 63.0 Å². The number of fused-ring (bicyclic) bond motifs is 1. The van der Waals surface area contributed by atoms with Crippen LogP contribution in [0.25, 0.3) is 11.3 Å². The van der Waals surface area contributed by atoms with Crippen molar-refractivity contribution in [2.45, 2.75) is 12.5 Å². The second kappa shape index (κ2) is 4.89. The van der Waals surface area contributed by atoms with Crippen LogP contribution in [0.4, 0.5) is 5.82 Å². The number of phenols is 1. The standard InChI is InChI=1S/C15H14N4OS/c20-11-3-1-10(2-4-11)12-9-14-16-6-5-13(19(14)18-12)15-17-7-8-21-15/h1-4,7-9,13,16,20H,5-6H2. The van der Waals surface area contributed by atoms with E-state index < -0.39 is 0 Å². The number of benzene rings is 1. The molecule has 0 spiro atoms. The molecule has 3 heterocycles. The number of nitrogens with zero attached hydrogens (tertiary/aromatic N) is 3. The number of nitrogens with one attached hydrogen (secondary N) is 1. The van der Waals surface area contributed by atoms with Gasteiger partial charge in [-0.05, 0) is 30.7 Å². The Morgan fingerprint density at radius 1 is 1.29 bits per heavy atom. The van der Waals surface area contributed by atoms with Crippen molar-refractivity contribution >= 4 is 17.2 Å². The van der Waals surface area contributed by atoms with Gasteiger partial charge in [0.2, 0.25) is 0 Å². The molecule has 0 fully saturated rings. The van der Waals surface area contributed by atoms with Crippen molar-refractivity contribution in [3.63, 3.8) is 0 Å². The molecule has 106 valence electrons. The van der Waals surface area contributed by atoms with Crippen LogP contribution in [0.3, 0.4) is 0 Å². The van der Waals surface area contributed by atoms with Gasteiger partial charge in [-0.15, -0.1) is 11.3 Å². The minimum absolute atomic E-state index is 0.201. The van der Waals surface area contributed by atoms with Crippen molar-refractivity contribution in [2.24, 2.45) is 0 Å². The van der Waals surface area contributed by atoms with Crippen molar-refractivity contribution in [3.8, 4) is 17.0 Å². The number of anilines is 1. The minimum Gasteiger partial charge on any atom is -0.508 e. The van der Waals surface area contributed by atoms with Gasteiger partial charge in [-0.2, -0.15) is 5.10 Å². The van der Waals surface area contributed by atoms with Gasteiger partial charge in [0.25, 0.3) is 0 Å². The molecule has 1 atom stereocenters. The lowest BCUT2D eigenvalue weighted by Gasteiger charge is -2.23. The lowest BCUT2D eigenvalue weighted by atomic mass is 10.1. The van der Waals surface area contributed by atoms with E-state index in [1.807, 2.05) is 34.5 Å². The number of phenolic OH excluding ortho intramolecular Hbond substituents is 1. The predicted octanol–water partition coefficient (Wildman–Crippen LogP) is 3.12. The van der Waals surface area contributed by atoms with Gasteiger partial charge in [0, 0.05) is 29.8 Å². The van der Waals surface area contributed by atoms with Gasteiger partial charge in [-0.1, -0.05) is 0 Å². The number of aromatic nitrogens is 3. The van der Waals surface area contributed by atoms with Crippen LogP contribution >= 0.6 is 11.3 Å². The zero-order chi connectivity index (χ0) is 14.2. The Morgan fingerprint density at radius 2 is 2.14 bits per heavy atom. The summed E-state index contributed by atoms with van der Waals surface area (Å²) in [5, 5.41) is 20.6. The van der Waals surface area contributed by atoms with E-state index in [2.05, 4.69) is 10.3 Å². The maximum absolute atomic E-state index is 9.39. The summed E-state index contributed by atoms with van der Waals surface area (Å²) in [5.41, 5.74) is 1.90. The number of thiazole rings is 1. The quantitative estimate of drug-likeness (QED) is 0.763. The van der Waals surface area contributed by atoms with Crippen molar-refractivity contribution in [2.75, 3.05) is 11.9 Å². The Labute approximate surface area is 125 Å². The Hall–Kier alpha value is -2.34. The molecule has 0 bridgehead atoms. The lowest BCUT2D eigenvalue weighted by molar-refractivity contribution is 0.475. The molecular formula is C15H14N4OS. The molecule has 2 N–H and O–H groups in total. The van der Waals surface area contributed by atoms with Crippen LogP contribution in [0.2, 0.25) is 0 Å². The maximum Gasteiger partial charge on any atom is 0.125 e. The van der Waals surface area contributed by atoms with Crippen molar-refractivity contribution < 1.29 is 5.11 Å². The second-order valence-electron chi connectivity index (χ2n) is 5.01. The van der Waals surface area contributed by atoms with Gasteiger partial charge < -0.3 is 10.4 Å². The van der Waals surface area contributed by atoms with Crippen molar-refractivity contribution in [1.29, 1.82) is 0 Å². The summed E-state index contributed by atoms with van der Waals surface area (Å²) in [6, 6.07) is 9.36.